The van der Waals surface area contributed by atoms with Crippen molar-refractivity contribution in [2.24, 2.45) is 0 Å². The molecule has 0 spiro atoms. The van der Waals surface area contributed by atoms with Crippen LogP contribution in [0.3, 0.4) is 0 Å². The third-order valence-electron chi connectivity index (χ3n) is 3.14. The predicted molar refractivity (Wildman–Crippen MR) is 72.4 cm³/mol. The van der Waals surface area contributed by atoms with Gasteiger partial charge < -0.3 is 9.88 Å². The second-order valence-electron chi connectivity index (χ2n) is 4.40. The zero-order valence-electron chi connectivity index (χ0n) is 10.3. The van der Waals surface area contributed by atoms with E-state index in [1.54, 1.807) is 0 Å². The summed E-state index contributed by atoms with van der Waals surface area (Å²) in [6, 6.07) is 10.7. The maximum absolute atomic E-state index is 4.32. The summed E-state index contributed by atoms with van der Waals surface area (Å²) in [6.45, 7) is 4.10. The summed E-state index contributed by atoms with van der Waals surface area (Å²) in [6.07, 6.45) is 0. The van der Waals surface area contributed by atoms with Gasteiger partial charge in [0.15, 0.2) is 0 Å². The fraction of sp³-hybridized carbons (Fsp3) is 0.385. The molecule has 0 fully saturated rings. The van der Waals surface area contributed by atoms with Crippen LogP contribution in [0, 0.1) is 0 Å². The highest BCUT2D eigenvalue weighted by molar-refractivity contribution is 7.98. The van der Waals surface area contributed by atoms with Gasteiger partial charge in [0.2, 0.25) is 0 Å². The van der Waals surface area contributed by atoms with Crippen LogP contribution in [0.2, 0.25) is 0 Å². The summed E-state index contributed by atoms with van der Waals surface area (Å²) in [5.74, 6) is 3.01. The minimum Gasteiger partial charge on any atom is -0.312 e. The first-order chi connectivity index (χ1) is 8.84. The molecular weight excluding hydrogens is 244 g/mol. The Morgan fingerprint density at radius 2 is 2.17 bits per heavy atom. The summed E-state index contributed by atoms with van der Waals surface area (Å²) < 4.78 is 2.25. The standard InChI is InChI=1S/C13H16N4S/c1-10-13-16-15-12(17(13)8-7-14-10)9-18-11-5-3-2-4-6-11/h2-6,10,14H,7-9H2,1H3. The lowest BCUT2D eigenvalue weighted by Crippen LogP contribution is -2.32. The van der Waals surface area contributed by atoms with E-state index in [4.69, 9.17) is 0 Å². The second-order valence-corrected chi connectivity index (χ2v) is 5.45. The first-order valence-electron chi connectivity index (χ1n) is 6.18. The zero-order chi connectivity index (χ0) is 12.4. The second kappa shape index (κ2) is 5.12. The zero-order valence-corrected chi connectivity index (χ0v) is 11.2. The summed E-state index contributed by atoms with van der Waals surface area (Å²) in [5, 5.41) is 12.0. The largest absolute Gasteiger partial charge is 0.312 e. The van der Waals surface area contributed by atoms with Crippen molar-refractivity contribution >= 4 is 11.8 Å². The molecule has 1 aromatic heterocycles. The average Bonchev–Trinajstić information content (AvgIpc) is 2.82. The van der Waals surface area contributed by atoms with Crippen molar-refractivity contribution in [1.82, 2.24) is 20.1 Å². The lowest BCUT2D eigenvalue weighted by Gasteiger charge is -2.21. The van der Waals surface area contributed by atoms with E-state index >= 15 is 0 Å². The van der Waals surface area contributed by atoms with Gasteiger partial charge in [-0.3, -0.25) is 0 Å². The van der Waals surface area contributed by atoms with Crippen molar-refractivity contribution in [3.8, 4) is 0 Å². The molecule has 2 aromatic rings. The minimum absolute atomic E-state index is 0.307. The van der Waals surface area contributed by atoms with E-state index in [-0.39, 0.29) is 0 Å². The van der Waals surface area contributed by atoms with Crippen molar-refractivity contribution in [1.29, 1.82) is 0 Å². The van der Waals surface area contributed by atoms with Crippen molar-refractivity contribution in [3.05, 3.63) is 42.0 Å². The normalized spacial score (nSPS) is 18.6. The molecule has 94 valence electrons. The van der Waals surface area contributed by atoms with E-state index in [0.29, 0.717) is 6.04 Å². The molecular formula is C13H16N4S. The van der Waals surface area contributed by atoms with Crippen LogP contribution in [0.1, 0.15) is 24.6 Å². The van der Waals surface area contributed by atoms with Crippen molar-refractivity contribution in [2.45, 2.75) is 30.2 Å². The number of nitrogens with one attached hydrogen (secondary N) is 1. The first kappa shape index (κ1) is 11.7. The van der Waals surface area contributed by atoms with Gasteiger partial charge in [0.05, 0.1) is 11.8 Å². The van der Waals surface area contributed by atoms with Gasteiger partial charge in [-0.1, -0.05) is 18.2 Å². The number of hydrogen-bond acceptors (Lipinski definition) is 4. The van der Waals surface area contributed by atoms with E-state index < -0.39 is 0 Å². The monoisotopic (exact) mass is 260 g/mol. The number of hydrogen-bond donors (Lipinski definition) is 1. The van der Waals surface area contributed by atoms with Crippen LogP contribution in [0.4, 0.5) is 0 Å². The highest BCUT2D eigenvalue weighted by Gasteiger charge is 2.20. The Morgan fingerprint density at radius 1 is 1.33 bits per heavy atom. The van der Waals surface area contributed by atoms with Crippen LogP contribution >= 0.6 is 11.8 Å². The molecule has 1 aromatic carbocycles. The average molecular weight is 260 g/mol. The predicted octanol–water partition coefficient (Wildman–Crippen LogP) is 2.23. The van der Waals surface area contributed by atoms with E-state index in [0.717, 1.165) is 30.5 Å². The molecule has 1 N–H and O–H groups in total. The number of fused-ring (bicyclic) bond motifs is 1. The first-order valence-corrected chi connectivity index (χ1v) is 7.16. The van der Waals surface area contributed by atoms with E-state index in [1.165, 1.54) is 4.90 Å². The summed E-state index contributed by atoms with van der Waals surface area (Å²) in [4.78, 5) is 1.27. The Hall–Kier alpha value is -1.33. The molecule has 3 rings (SSSR count). The molecule has 0 saturated carbocycles. The maximum atomic E-state index is 4.32. The number of aromatic nitrogens is 3. The van der Waals surface area contributed by atoms with Crippen LogP contribution in [0.15, 0.2) is 35.2 Å². The van der Waals surface area contributed by atoms with Crippen molar-refractivity contribution in [2.75, 3.05) is 6.54 Å². The molecule has 1 aliphatic heterocycles. The lowest BCUT2D eigenvalue weighted by atomic mass is 10.2. The summed E-state index contributed by atoms with van der Waals surface area (Å²) in [5.41, 5.74) is 0. The highest BCUT2D eigenvalue weighted by atomic mass is 32.2. The van der Waals surface area contributed by atoms with Gasteiger partial charge in [0, 0.05) is 18.0 Å². The van der Waals surface area contributed by atoms with Gasteiger partial charge >= 0.3 is 0 Å². The Kier molecular flexibility index (Phi) is 3.34. The SMILES string of the molecule is CC1NCCn2c(CSc3ccccc3)nnc21. The Labute approximate surface area is 111 Å². The molecule has 0 radical (unpaired) electrons. The molecule has 5 heteroatoms. The quantitative estimate of drug-likeness (QED) is 0.859. The molecule has 0 aliphatic carbocycles. The van der Waals surface area contributed by atoms with E-state index in [1.807, 2.05) is 17.8 Å². The molecule has 0 saturated heterocycles. The number of benzene rings is 1. The molecule has 2 heterocycles. The molecule has 0 bridgehead atoms. The van der Waals surface area contributed by atoms with Crippen LogP contribution in [0.5, 0.6) is 0 Å². The topological polar surface area (TPSA) is 42.7 Å². The molecule has 0 amide bonds. The molecule has 18 heavy (non-hydrogen) atoms. The third kappa shape index (κ3) is 2.28. The van der Waals surface area contributed by atoms with Gasteiger partial charge in [0.25, 0.3) is 0 Å². The van der Waals surface area contributed by atoms with E-state index in [9.17, 15) is 0 Å². The van der Waals surface area contributed by atoms with Crippen LogP contribution in [-0.4, -0.2) is 21.3 Å². The Bertz CT molecular complexity index is 523. The van der Waals surface area contributed by atoms with Gasteiger partial charge in [0.1, 0.15) is 11.6 Å². The summed E-state index contributed by atoms with van der Waals surface area (Å²) in [7, 11) is 0. The minimum atomic E-state index is 0.307. The van der Waals surface area contributed by atoms with Gasteiger partial charge in [-0.2, -0.15) is 0 Å². The number of nitrogens with zero attached hydrogens (tertiary/aromatic N) is 3. The molecule has 1 atom stereocenters. The van der Waals surface area contributed by atoms with Crippen LogP contribution < -0.4 is 5.32 Å². The lowest BCUT2D eigenvalue weighted by molar-refractivity contribution is 0.432. The Morgan fingerprint density at radius 3 is 3.00 bits per heavy atom. The maximum Gasteiger partial charge on any atom is 0.149 e. The number of thioether (sulfide) groups is 1. The Balaban J connectivity index is 1.74. The molecule has 4 nitrogen and oxygen atoms in total. The third-order valence-corrected chi connectivity index (χ3v) is 4.15. The molecule has 1 aliphatic rings. The van der Waals surface area contributed by atoms with E-state index in [2.05, 4.69) is 51.3 Å². The van der Waals surface area contributed by atoms with Gasteiger partial charge in [-0.05, 0) is 19.1 Å². The fourth-order valence-electron chi connectivity index (χ4n) is 2.17. The van der Waals surface area contributed by atoms with Crippen molar-refractivity contribution in [3.63, 3.8) is 0 Å². The fourth-order valence-corrected chi connectivity index (χ4v) is 3.03. The van der Waals surface area contributed by atoms with Gasteiger partial charge in [-0.15, -0.1) is 22.0 Å². The highest BCUT2D eigenvalue weighted by Crippen LogP contribution is 2.23. The smallest absolute Gasteiger partial charge is 0.149 e. The van der Waals surface area contributed by atoms with Crippen LogP contribution in [-0.2, 0) is 12.3 Å². The van der Waals surface area contributed by atoms with Crippen LogP contribution in [0.25, 0.3) is 0 Å². The number of rotatable bonds is 3. The summed E-state index contributed by atoms with van der Waals surface area (Å²) >= 11 is 1.81. The van der Waals surface area contributed by atoms with Gasteiger partial charge in [-0.25, -0.2) is 0 Å². The van der Waals surface area contributed by atoms with Crippen molar-refractivity contribution < 1.29 is 0 Å². The molecule has 1 unspecified atom stereocenters.